The lowest BCUT2D eigenvalue weighted by atomic mass is 10.1. The number of rotatable bonds is 5. The summed E-state index contributed by atoms with van der Waals surface area (Å²) >= 11 is 3.88. The topological polar surface area (TPSA) is 45.8 Å². The molecule has 3 nitrogen and oxygen atoms in total. The Morgan fingerprint density at radius 1 is 1.35 bits per heavy atom. The van der Waals surface area contributed by atoms with Gasteiger partial charge in [0.1, 0.15) is 5.82 Å². The maximum atomic E-state index is 11.8. The monoisotopic (exact) mass is 366 g/mol. The van der Waals surface area contributed by atoms with Gasteiger partial charge in [0.05, 0.1) is 15.0 Å². The van der Waals surface area contributed by atoms with Crippen LogP contribution < -0.4 is 5.56 Å². The third-order valence-corrected chi connectivity index (χ3v) is 4.35. The Labute approximate surface area is 120 Å². The van der Waals surface area contributed by atoms with Crippen LogP contribution in [0.4, 0.5) is 0 Å². The Hall–Kier alpha value is -0.0400. The first-order chi connectivity index (χ1) is 7.90. The minimum absolute atomic E-state index is 0.00407. The molecule has 1 heterocycles. The summed E-state index contributed by atoms with van der Waals surface area (Å²) in [5.74, 6) is 2.09. The Morgan fingerprint density at radius 2 is 2.00 bits per heavy atom. The van der Waals surface area contributed by atoms with Crippen LogP contribution in [-0.2, 0) is 12.2 Å². The second kappa shape index (κ2) is 6.78. The highest BCUT2D eigenvalue weighted by Gasteiger charge is 2.10. The second-order valence-corrected chi connectivity index (χ2v) is 7.37. The van der Waals surface area contributed by atoms with Crippen LogP contribution in [0.25, 0.3) is 0 Å². The van der Waals surface area contributed by atoms with Gasteiger partial charge < -0.3 is 4.98 Å². The molecule has 0 aliphatic carbocycles. The van der Waals surface area contributed by atoms with Crippen LogP contribution in [0.5, 0.6) is 0 Å². The zero-order valence-electron chi connectivity index (χ0n) is 10.7. The van der Waals surface area contributed by atoms with Crippen LogP contribution in [-0.4, -0.2) is 15.2 Å². The van der Waals surface area contributed by atoms with Crippen molar-refractivity contribution >= 4 is 34.4 Å². The van der Waals surface area contributed by atoms with E-state index in [1.165, 1.54) is 0 Å². The first-order valence-corrected chi connectivity index (χ1v) is 7.92. The number of aromatic amines is 1. The van der Waals surface area contributed by atoms with E-state index in [0.29, 0.717) is 11.2 Å². The van der Waals surface area contributed by atoms with Crippen LogP contribution in [0.1, 0.15) is 39.2 Å². The number of nitrogens with zero attached hydrogens (tertiary/aromatic N) is 1. The Bertz CT molecular complexity index is 429. The smallest absolute Gasteiger partial charge is 0.264 e. The molecule has 0 aliphatic rings. The molecule has 5 heteroatoms. The number of hydrogen-bond donors (Lipinski definition) is 1. The van der Waals surface area contributed by atoms with Crippen LogP contribution in [0.15, 0.2) is 4.79 Å². The summed E-state index contributed by atoms with van der Waals surface area (Å²) in [6.45, 7) is 8.57. The van der Waals surface area contributed by atoms with E-state index in [2.05, 4.69) is 60.3 Å². The molecule has 1 rings (SSSR count). The molecule has 0 amide bonds. The fourth-order valence-electron chi connectivity index (χ4n) is 1.39. The van der Waals surface area contributed by atoms with E-state index in [1.54, 1.807) is 11.8 Å². The minimum atomic E-state index is -0.00407. The number of H-pyrrole nitrogens is 1. The maximum absolute atomic E-state index is 11.8. The van der Waals surface area contributed by atoms with Crippen LogP contribution in [0.2, 0.25) is 0 Å². The molecule has 96 valence electrons. The molecule has 0 bridgehead atoms. The van der Waals surface area contributed by atoms with Gasteiger partial charge in [-0.3, -0.25) is 4.79 Å². The summed E-state index contributed by atoms with van der Waals surface area (Å²) in [5.41, 5.74) is 0.930. The molecule has 1 aromatic rings. The van der Waals surface area contributed by atoms with Gasteiger partial charge in [-0.25, -0.2) is 4.98 Å². The lowest BCUT2D eigenvalue weighted by molar-refractivity contribution is 0.627. The van der Waals surface area contributed by atoms with Gasteiger partial charge in [-0.2, -0.15) is 11.8 Å². The van der Waals surface area contributed by atoms with Gasteiger partial charge >= 0.3 is 0 Å². The van der Waals surface area contributed by atoms with Crippen LogP contribution in [0.3, 0.4) is 0 Å². The van der Waals surface area contributed by atoms with E-state index in [4.69, 9.17) is 0 Å². The molecule has 17 heavy (non-hydrogen) atoms. The summed E-state index contributed by atoms with van der Waals surface area (Å²) in [5, 5.41) is 0.549. The molecule has 0 saturated heterocycles. The number of thioether (sulfide) groups is 1. The van der Waals surface area contributed by atoms with Crippen LogP contribution in [0, 0.1) is 9.49 Å². The van der Waals surface area contributed by atoms with Crippen molar-refractivity contribution in [3.05, 3.63) is 25.4 Å². The predicted molar refractivity (Wildman–Crippen MR) is 82.5 cm³/mol. The second-order valence-electron chi connectivity index (χ2n) is 4.73. The molecule has 0 radical (unpaired) electrons. The Morgan fingerprint density at radius 3 is 2.53 bits per heavy atom. The van der Waals surface area contributed by atoms with Crippen LogP contribution >= 0.6 is 34.4 Å². The Kier molecular flexibility index (Phi) is 5.99. The Balaban J connectivity index is 2.93. The van der Waals surface area contributed by atoms with Crippen molar-refractivity contribution in [1.82, 2.24) is 9.97 Å². The normalized spacial score (nSPS) is 11.5. The highest BCUT2D eigenvalue weighted by atomic mass is 127. The average molecular weight is 366 g/mol. The quantitative estimate of drug-likeness (QED) is 0.814. The number of halogens is 1. The van der Waals surface area contributed by atoms with E-state index in [1.807, 2.05) is 0 Å². The highest BCUT2D eigenvalue weighted by Crippen LogP contribution is 2.16. The SMILES string of the molecule is CC(C)Cc1nc(CSC(C)C)[nH]c(=O)c1I. The molecule has 0 spiro atoms. The zero-order valence-corrected chi connectivity index (χ0v) is 13.7. The van der Waals surface area contributed by atoms with E-state index in [-0.39, 0.29) is 5.56 Å². The predicted octanol–water partition coefficient (Wildman–Crippen LogP) is 3.21. The third-order valence-electron chi connectivity index (χ3n) is 2.14. The molecule has 0 atom stereocenters. The highest BCUT2D eigenvalue weighted by molar-refractivity contribution is 14.1. The van der Waals surface area contributed by atoms with Crippen molar-refractivity contribution in [2.24, 2.45) is 5.92 Å². The lowest BCUT2D eigenvalue weighted by Crippen LogP contribution is -2.19. The van der Waals surface area contributed by atoms with Crippen molar-refractivity contribution in [1.29, 1.82) is 0 Å². The molecular weight excluding hydrogens is 347 g/mol. The lowest BCUT2D eigenvalue weighted by Gasteiger charge is -2.09. The summed E-state index contributed by atoms with van der Waals surface area (Å²) < 4.78 is 0.731. The van der Waals surface area contributed by atoms with Gasteiger partial charge in [-0.15, -0.1) is 0 Å². The van der Waals surface area contributed by atoms with E-state index in [9.17, 15) is 4.79 Å². The van der Waals surface area contributed by atoms with Gasteiger partial charge in [0.2, 0.25) is 0 Å². The van der Waals surface area contributed by atoms with Gasteiger partial charge in [0.25, 0.3) is 5.56 Å². The van der Waals surface area contributed by atoms with Gasteiger partial charge in [0.15, 0.2) is 0 Å². The van der Waals surface area contributed by atoms with E-state index < -0.39 is 0 Å². The maximum Gasteiger partial charge on any atom is 0.264 e. The van der Waals surface area contributed by atoms with Crippen molar-refractivity contribution < 1.29 is 0 Å². The van der Waals surface area contributed by atoms with Crippen molar-refractivity contribution in [2.45, 2.75) is 45.1 Å². The summed E-state index contributed by atoms with van der Waals surface area (Å²) in [6, 6.07) is 0. The first kappa shape index (κ1) is 15.0. The van der Waals surface area contributed by atoms with E-state index >= 15 is 0 Å². The van der Waals surface area contributed by atoms with Gasteiger partial charge in [-0.1, -0.05) is 27.7 Å². The average Bonchev–Trinajstić information content (AvgIpc) is 2.21. The number of nitrogens with one attached hydrogen (secondary N) is 1. The molecule has 0 aliphatic heterocycles. The fraction of sp³-hybridized carbons (Fsp3) is 0.667. The van der Waals surface area contributed by atoms with Crippen molar-refractivity contribution in [3.63, 3.8) is 0 Å². The molecule has 0 fully saturated rings. The van der Waals surface area contributed by atoms with Gasteiger partial charge in [0, 0.05) is 0 Å². The van der Waals surface area contributed by atoms with Crippen molar-refractivity contribution in [2.75, 3.05) is 0 Å². The molecule has 1 N–H and O–H groups in total. The minimum Gasteiger partial charge on any atom is -0.309 e. The summed E-state index contributed by atoms with van der Waals surface area (Å²) in [6.07, 6.45) is 0.863. The molecular formula is C12H19IN2OS. The number of aromatic nitrogens is 2. The third kappa shape index (κ3) is 4.99. The molecule has 0 saturated carbocycles. The van der Waals surface area contributed by atoms with Gasteiger partial charge in [-0.05, 0) is 40.2 Å². The molecule has 0 unspecified atom stereocenters. The first-order valence-electron chi connectivity index (χ1n) is 5.79. The van der Waals surface area contributed by atoms with Crippen molar-refractivity contribution in [3.8, 4) is 0 Å². The molecule has 1 aromatic heterocycles. The number of hydrogen-bond acceptors (Lipinski definition) is 3. The largest absolute Gasteiger partial charge is 0.309 e. The van der Waals surface area contributed by atoms with E-state index in [0.717, 1.165) is 27.3 Å². The summed E-state index contributed by atoms with van der Waals surface area (Å²) in [4.78, 5) is 19.2. The zero-order chi connectivity index (χ0) is 13.0. The molecule has 0 aromatic carbocycles. The fourth-order valence-corrected chi connectivity index (χ4v) is 2.50. The summed E-state index contributed by atoms with van der Waals surface area (Å²) in [7, 11) is 0. The standard InChI is InChI=1S/C12H19IN2OS/c1-7(2)5-9-11(13)12(16)15-10(14-9)6-17-8(3)4/h7-8H,5-6H2,1-4H3,(H,14,15,16).